The van der Waals surface area contributed by atoms with Gasteiger partial charge in [-0.25, -0.2) is 4.79 Å². The van der Waals surface area contributed by atoms with Gasteiger partial charge in [0, 0.05) is 45.1 Å². The van der Waals surface area contributed by atoms with E-state index in [9.17, 15) is 14.4 Å². The van der Waals surface area contributed by atoms with Crippen LogP contribution in [0.4, 0.5) is 10.5 Å². The summed E-state index contributed by atoms with van der Waals surface area (Å²) in [7, 11) is 1.77. The smallest absolute Gasteiger partial charge is 0.409 e. The first-order valence-corrected chi connectivity index (χ1v) is 10.3. The third-order valence-corrected chi connectivity index (χ3v) is 5.38. The predicted octanol–water partition coefficient (Wildman–Crippen LogP) is 1.35. The number of nitrogens with zero attached hydrogens (tertiary/aromatic N) is 6. The van der Waals surface area contributed by atoms with E-state index in [4.69, 9.17) is 4.74 Å². The minimum absolute atomic E-state index is 0.0933. The fourth-order valence-electron chi connectivity index (χ4n) is 3.36. The topological polar surface area (TPSA) is 115 Å². The van der Waals surface area contributed by atoms with Gasteiger partial charge in [0.25, 0.3) is 5.91 Å². The summed E-state index contributed by atoms with van der Waals surface area (Å²) >= 11 is 0. The molecule has 0 aromatic carbocycles. The first-order valence-electron chi connectivity index (χ1n) is 10.3. The Morgan fingerprint density at radius 3 is 2.35 bits per heavy atom. The molecule has 168 valence electrons. The molecule has 0 aliphatic carbocycles. The Labute approximate surface area is 180 Å². The number of piperazine rings is 1. The van der Waals surface area contributed by atoms with Gasteiger partial charge in [0.05, 0.1) is 18.0 Å². The second kappa shape index (κ2) is 9.19. The number of carbonyl (C=O) groups excluding carboxylic acids is 3. The summed E-state index contributed by atoms with van der Waals surface area (Å²) in [4.78, 5) is 40.6. The number of hydrogen-bond donors (Lipinski definition) is 1. The Morgan fingerprint density at radius 2 is 1.77 bits per heavy atom. The van der Waals surface area contributed by atoms with Crippen LogP contribution in [0.2, 0.25) is 0 Å². The monoisotopic (exact) mass is 431 g/mol. The highest BCUT2D eigenvalue weighted by molar-refractivity contribution is 6.03. The fraction of sp³-hybridized carbons (Fsp3) is 0.550. The van der Waals surface area contributed by atoms with Crippen molar-refractivity contribution in [3.63, 3.8) is 0 Å². The molecule has 1 unspecified atom stereocenters. The molecule has 2 aromatic rings. The van der Waals surface area contributed by atoms with Crippen LogP contribution >= 0.6 is 0 Å². The molecular weight excluding hydrogens is 402 g/mol. The summed E-state index contributed by atoms with van der Waals surface area (Å²) in [6, 6.07) is 1.16. The fourth-order valence-corrected chi connectivity index (χ4v) is 3.36. The van der Waals surface area contributed by atoms with Crippen molar-refractivity contribution in [2.24, 2.45) is 7.05 Å². The molecule has 0 bridgehead atoms. The van der Waals surface area contributed by atoms with E-state index in [1.54, 1.807) is 59.2 Å². The highest BCUT2D eigenvalue weighted by Gasteiger charge is 2.29. The van der Waals surface area contributed by atoms with Gasteiger partial charge in [-0.15, -0.1) is 0 Å². The largest absolute Gasteiger partial charge is 0.450 e. The molecule has 1 saturated heterocycles. The molecule has 1 aliphatic rings. The van der Waals surface area contributed by atoms with Crippen LogP contribution in [-0.4, -0.2) is 80.1 Å². The Balaban J connectivity index is 1.62. The number of rotatable bonds is 5. The third-order valence-electron chi connectivity index (χ3n) is 5.38. The van der Waals surface area contributed by atoms with Crippen molar-refractivity contribution in [1.29, 1.82) is 0 Å². The molecule has 2 aromatic heterocycles. The first kappa shape index (κ1) is 22.3. The van der Waals surface area contributed by atoms with Crippen LogP contribution in [0.15, 0.2) is 12.3 Å². The molecule has 1 N–H and O–H groups in total. The van der Waals surface area contributed by atoms with Crippen molar-refractivity contribution in [3.8, 4) is 0 Å². The van der Waals surface area contributed by atoms with Crippen molar-refractivity contribution >= 4 is 23.6 Å². The van der Waals surface area contributed by atoms with Crippen LogP contribution in [0.5, 0.6) is 0 Å². The summed E-state index contributed by atoms with van der Waals surface area (Å²) in [5.41, 5.74) is 2.32. The van der Waals surface area contributed by atoms with Crippen molar-refractivity contribution in [1.82, 2.24) is 29.4 Å². The number of carbonyl (C=O) groups is 3. The first-order chi connectivity index (χ1) is 14.7. The zero-order valence-electron chi connectivity index (χ0n) is 18.6. The van der Waals surface area contributed by atoms with Gasteiger partial charge >= 0.3 is 6.09 Å². The van der Waals surface area contributed by atoms with Gasteiger partial charge in [0.2, 0.25) is 5.91 Å². The van der Waals surface area contributed by atoms with Gasteiger partial charge in [0.1, 0.15) is 6.04 Å². The minimum Gasteiger partial charge on any atom is -0.450 e. The van der Waals surface area contributed by atoms with E-state index in [-0.39, 0.29) is 17.9 Å². The SMILES string of the molecule is CCOC(=O)N1CCN(C(=O)C(C)n2cc(NC(=O)c3cc(C)n(C)n3)c(C)n2)CC1. The number of anilines is 1. The van der Waals surface area contributed by atoms with Crippen molar-refractivity contribution in [2.75, 3.05) is 38.1 Å². The Hall–Kier alpha value is -3.37. The quantitative estimate of drug-likeness (QED) is 0.764. The minimum atomic E-state index is -0.546. The maximum absolute atomic E-state index is 12.9. The van der Waals surface area contributed by atoms with Crippen LogP contribution in [-0.2, 0) is 16.6 Å². The molecule has 0 radical (unpaired) electrons. The van der Waals surface area contributed by atoms with Gasteiger partial charge < -0.3 is 19.9 Å². The lowest BCUT2D eigenvalue weighted by Gasteiger charge is -2.35. The molecule has 0 saturated carbocycles. The number of aryl methyl sites for hydroxylation is 3. The van der Waals surface area contributed by atoms with E-state index in [0.29, 0.717) is 49.9 Å². The summed E-state index contributed by atoms with van der Waals surface area (Å²) in [6.45, 7) is 9.22. The lowest BCUT2D eigenvalue weighted by molar-refractivity contribution is -0.136. The molecule has 31 heavy (non-hydrogen) atoms. The molecular formula is C20H29N7O4. The van der Waals surface area contributed by atoms with E-state index in [0.717, 1.165) is 5.69 Å². The Kier molecular flexibility index (Phi) is 6.62. The number of aromatic nitrogens is 4. The van der Waals surface area contributed by atoms with Crippen LogP contribution in [0.25, 0.3) is 0 Å². The second-order valence-electron chi connectivity index (χ2n) is 7.54. The lowest BCUT2D eigenvalue weighted by atomic mass is 10.2. The van der Waals surface area contributed by atoms with Crippen molar-refractivity contribution < 1.29 is 19.1 Å². The summed E-state index contributed by atoms with van der Waals surface area (Å²) < 4.78 is 8.19. The molecule has 1 atom stereocenters. The van der Waals surface area contributed by atoms with Gasteiger partial charge in [-0.1, -0.05) is 0 Å². The average Bonchev–Trinajstić information content (AvgIpc) is 3.29. The third kappa shape index (κ3) is 4.86. The number of ether oxygens (including phenoxy) is 1. The maximum Gasteiger partial charge on any atom is 0.409 e. The van der Waals surface area contributed by atoms with E-state index >= 15 is 0 Å². The molecule has 1 aliphatic heterocycles. The number of nitrogens with one attached hydrogen (secondary N) is 1. The number of amides is 3. The maximum atomic E-state index is 12.9. The molecule has 11 nitrogen and oxygen atoms in total. The highest BCUT2D eigenvalue weighted by atomic mass is 16.6. The average molecular weight is 431 g/mol. The molecule has 0 spiro atoms. The standard InChI is InChI=1S/C20H29N7O4/c1-6-31-20(30)26-9-7-25(8-10-26)19(29)15(4)27-12-17(14(3)22-27)21-18(28)16-11-13(2)24(5)23-16/h11-12,15H,6-10H2,1-5H3,(H,21,28). The normalized spacial score (nSPS) is 15.0. The van der Waals surface area contributed by atoms with E-state index < -0.39 is 6.04 Å². The zero-order chi connectivity index (χ0) is 22.7. The van der Waals surface area contributed by atoms with Gasteiger partial charge in [0.15, 0.2) is 5.69 Å². The molecule has 1 fully saturated rings. The summed E-state index contributed by atoms with van der Waals surface area (Å²) in [5, 5.41) is 11.4. The van der Waals surface area contributed by atoms with E-state index in [1.807, 2.05) is 6.92 Å². The number of hydrogen-bond acceptors (Lipinski definition) is 6. The summed E-state index contributed by atoms with van der Waals surface area (Å²) in [5.74, 6) is -0.426. The van der Waals surface area contributed by atoms with Gasteiger partial charge in [-0.3, -0.25) is 19.0 Å². The van der Waals surface area contributed by atoms with Crippen molar-refractivity contribution in [3.05, 3.63) is 29.3 Å². The van der Waals surface area contributed by atoms with Crippen LogP contribution in [0, 0.1) is 13.8 Å². The highest BCUT2D eigenvalue weighted by Crippen LogP contribution is 2.19. The molecule has 11 heteroatoms. The Morgan fingerprint density at radius 1 is 1.13 bits per heavy atom. The van der Waals surface area contributed by atoms with Crippen LogP contribution in [0.3, 0.4) is 0 Å². The molecule has 3 amide bonds. The Bertz CT molecular complexity index is 953. The second-order valence-corrected chi connectivity index (χ2v) is 7.54. The van der Waals surface area contributed by atoms with Crippen LogP contribution < -0.4 is 5.32 Å². The molecule has 3 rings (SSSR count). The van der Waals surface area contributed by atoms with Gasteiger partial charge in [-0.2, -0.15) is 10.2 Å². The predicted molar refractivity (Wildman–Crippen MR) is 113 cm³/mol. The zero-order valence-corrected chi connectivity index (χ0v) is 18.6. The lowest BCUT2D eigenvalue weighted by Crippen LogP contribution is -2.52. The van der Waals surface area contributed by atoms with Gasteiger partial charge in [-0.05, 0) is 33.8 Å². The van der Waals surface area contributed by atoms with Crippen LogP contribution in [0.1, 0.15) is 41.8 Å². The van der Waals surface area contributed by atoms with Crippen molar-refractivity contribution in [2.45, 2.75) is 33.7 Å². The van der Waals surface area contributed by atoms with E-state index in [1.165, 1.54) is 0 Å². The van der Waals surface area contributed by atoms with E-state index in [2.05, 4.69) is 15.5 Å². The molecule has 3 heterocycles. The summed E-state index contributed by atoms with van der Waals surface area (Å²) in [6.07, 6.45) is 1.30.